The number of benzene rings is 1. The summed E-state index contributed by atoms with van der Waals surface area (Å²) in [4.78, 5) is 25.6. The number of piperazine rings is 1. The third kappa shape index (κ3) is 5.22. The molecule has 0 radical (unpaired) electrons. The lowest BCUT2D eigenvalue weighted by Crippen LogP contribution is -2.52. The fourth-order valence-corrected chi connectivity index (χ4v) is 3.56. The molecule has 0 atom stereocenters. The number of aromatic nitrogens is 1. The Hall–Kier alpha value is -3.81. The molecule has 2 aromatic heterocycles. The van der Waals surface area contributed by atoms with E-state index in [1.54, 1.807) is 19.2 Å². The second kappa shape index (κ2) is 9.80. The van der Waals surface area contributed by atoms with Crippen LogP contribution < -0.4 is 15.5 Å². The Balaban J connectivity index is 1.30. The van der Waals surface area contributed by atoms with Gasteiger partial charge in [-0.2, -0.15) is 0 Å². The van der Waals surface area contributed by atoms with Crippen molar-refractivity contribution >= 4 is 23.4 Å². The Bertz CT molecular complexity index is 1010. The Morgan fingerprint density at radius 3 is 2.68 bits per heavy atom. The van der Waals surface area contributed by atoms with Gasteiger partial charge >= 0.3 is 0 Å². The largest absolute Gasteiger partial charge is 0.459 e. The van der Waals surface area contributed by atoms with Gasteiger partial charge in [-0.15, -0.1) is 0 Å². The van der Waals surface area contributed by atoms with Crippen molar-refractivity contribution in [2.45, 2.75) is 6.54 Å². The van der Waals surface area contributed by atoms with Gasteiger partial charge < -0.3 is 24.9 Å². The lowest BCUT2D eigenvalue weighted by atomic mass is 10.2. The number of amides is 1. The zero-order chi connectivity index (χ0) is 21.5. The minimum absolute atomic E-state index is 0.267. The van der Waals surface area contributed by atoms with Gasteiger partial charge in [0.15, 0.2) is 11.7 Å². The highest BCUT2D eigenvalue weighted by Crippen LogP contribution is 2.14. The minimum Gasteiger partial charge on any atom is -0.459 e. The fraction of sp³-hybridized carbons (Fsp3) is 0.261. The van der Waals surface area contributed by atoms with Crippen LogP contribution in [0.1, 0.15) is 16.1 Å². The topological polar surface area (TPSA) is 86.0 Å². The maximum atomic E-state index is 12.2. The van der Waals surface area contributed by atoms with E-state index < -0.39 is 0 Å². The molecule has 0 saturated carbocycles. The fourth-order valence-electron chi connectivity index (χ4n) is 3.56. The summed E-state index contributed by atoms with van der Waals surface area (Å²) in [5.74, 6) is 1.90. The standard InChI is InChI=1S/C23H26N6O2/c1-24-23(29-13-11-28(12-14-29)21-9-2-3-10-25-21)26-17-18-6-4-7-19(16-18)27-22(30)20-8-5-15-31-20/h2-10,15-16H,11-14,17H2,1H3,(H,24,26)(H,27,30). The molecule has 0 unspecified atom stereocenters. The van der Waals surface area contributed by atoms with E-state index >= 15 is 0 Å². The van der Waals surface area contributed by atoms with Crippen LogP contribution in [-0.2, 0) is 6.54 Å². The van der Waals surface area contributed by atoms with E-state index in [0.717, 1.165) is 49.2 Å². The van der Waals surface area contributed by atoms with Gasteiger partial charge in [-0.1, -0.05) is 18.2 Å². The molecular weight excluding hydrogens is 392 g/mol. The van der Waals surface area contributed by atoms with E-state index in [1.165, 1.54) is 6.26 Å². The van der Waals surface area contributed by atoms with Crippen molar-refractivity contribution in [2.75, 3.05) is 43.4 Å². The monoisotopic (exact) mass is 418 g/mol. The highest BCUT2D eigenvalue weighted by Gasteiger charge is 2.20. The normalized spacial score (nSPS) is 14.4. The molecule has 1 aromatic carbocycles. The van der Waals surface area contributed by atoms with Gasteiger partial charge in [0.2, 0.25) is 0 Å². The number of nitrogens with zero attached hydrogens (tertiary/aromatic N) is 4. The smallest absolute Gasteiger partial charge is 0.291 e. The number of hydrogen-bond acceptors (Lipinski definition) is 5. The molecule has 2 N–H and O–H groups in total. The first-order valence-corrected chi connectivity index (χ1v) is 10.3. The van der Waals surface area contributed by atoms with E-state index in [9.17, 15) is 4.79 Å². The number of furan rings is 1. The van der Waals surface area contributed by atoms with Crippen LogP contribution in [0.5, 0.6) is 0 Å². The van der Waals surface area contributed by atoms with Crippen LogP contribution in [0.3, 0.4) is 0 Å². The Labute approximate surface area is 181 Å². The SMILES string of the molecule is CN=C(NCc1cccc(NC(=O)c2ccco2)c1)N1CCN(c2ccccn2)CC1. The first-order chi connectivity index (χ1) is 15.2. The van der Waals surface area contributed by atoms with Crippen LogP contribution in [0, 0.1) is 0 Å². The van der Waals surface area contributed by atoms with Crippen molar-refractivity contribution in [1.29, 1.82) is 0 Å². The van der Waals surface area contributed by atoms with Crippen LogP contribution in [0.2, 0.25) is 0 Å². The molecule has 1 aliphatic heterocycles. The summed E-state index contributed by atoms with van der Waals surface area (Å²) in [5, 5.41) is 6.29. The number of carbonyl (C=O) groups excluding carboxylic acids is 1. The second-order valence-corrected chi connectivity index (χ2v) is 7.19. The predicted molar refractivity (Wildman–Crippen MR) is 121 cm³/mol. The third-order valence-corrected chi connectivity index (χ3v) is 5.14. The lowest BCUT2D eigenvalue weighted by Gasteiger charge is -2.37. The molecule has 0 aliphatic carbocycles. The summed E-state index contributed by atoms with van der Waals surface area (Å²) < 4.78 is 5.14. The summed E-state index contributed by atoms with van der Waals surface area (Å²) in [6.45, 7) is 4.14. The summed E-state index contributed by atoms with van der Waals surface area (Å²) in [5.41, 5.74) is 1.77. The number of anilines is 2. The molecule has 3 heterocycles. The summed E-state index contributed by atoms with van der Waals surface area (Å²) in [6.07, 6.45) is 3.31. The first-order valence-electron chi connectivity index (χ1n) is 10.3. The van der Waals surface area contributed by atoms with Gasteiger partial charge in [0.25, 0.3) is 5.91 Å². The van der Waals surface area contributed by atoms with Crippen LogP contribution in [0.15, 0.2) is 76.5 Å². The number of guanidine groups is 1. The average Bonchev–Trinajstić information content (AvgIpc) is 3.36. The van der Waals surface area contributed by atoms with Gasteiger partial charge in [0.1, 0.15) is 5.82 Å². The molecule has 1 saturated heterocycles. The Morgan fingerprint density at radius 1 is 1.10 bits per heavy atom. The molecule has 0 spiro atoms. The Morgan fingerprint density at radius 2 is 1.97 bits per heavy atom. The van der Waals surface area contributed by atoms with Crippen LogP contribution in [0.25, 0.3) is 0 Å². The number of hydrogen-bond donors (Lipinski definition) is 2. The molecule has 4 rings (SSSR count). The maximum absolute atomic E-state index is 12.2. The zero-order valence-corrected chi connectivity index (χ0v) is 17.5. The van der Waals surface area contributed by atoms with Crippen LogP contribution in [-0.4, -0.2) is 55.0 Å². The van der Waals surface area contributed by atoms with Crippen LogP contribution >= 0.6 is 0 Å². The molecule has 160 valence electrons. The van der Waals surface area contributed by atoms with Crippen molar-refractivity contribution in [3.63, 3.8) is 0 Å². The van der Waals surface area contributed by atoms with Gasteiger partial charge in [-0.3, -0.25) is 9.79 Å². The van der Waals surface area contributed by atoms with E-state index in [2.05, 4.69) is 30.4 Å². The molecule has 0 bridgehead atoms. The zero-order valence-electron chi connectivity index (χ0n) is 17.5. The van der Waals surface area contributed by atoms with E-state index in [-0.39, 0.29) is 11.7 Å². The third-order valence-electron chi connectivity index (χ3n) is 5.14. The van der Waals surface area contributed by atoms with E-state index in [0.29, 0.717) is 6.54 Å². The highest BCUT2D eigenvalue weighted by molar-refractivity contribution is 6.02. The molecule has 8 nitrogen and oxygen atoms in total. The summed E-state index contributed by atoms with van der Waals surface area (Å²) in [7, 11) is 1.80. The predicted octanol–water partition coefficient (Wildman–Crippen LogP) is 2.82. The number of pyridine rings is 1. The van der Waals surface area contributed by atoms with Crippen molar-refractivity contribution < 1.29 is 9.21 Å². The summed E-state index contributed by atoms with van der Waals surface area (Å²) >= 11 is 0. The molecule has 1 aliphatic rings. The molecular formula is C23H26N6O2. The van der Waals surface area contributed by atoms with E-state index in [4.69, 9.17) is 4.42 Å². The first kappa shape index (κ1) is 20.5. The van der Waals surface area contributed by atoms with Crippen molar-refractivity contribution in [2.24, 2.45) is 4.99 Å². The number of nitrogens with one attached hydrogen (secondary N) is 2. The van der Waals surface area contributed by atoms with E-state index in [1.807, 2.05) is 48.7 Å². The van der Waals surface area contributed by atoms with Gasteiger partial charge in [0.05, 0.1) is 6.26 Å². The minimum atomic E-state index is -0.267. The number of aliphatic imine (C=N–C) groups is 1. The number of carbonyl (C=O) groups is 1. The van der Waals surface area contributed by atoms with Gasteiger partial charge in [-0.05, 0) is 42.0 Å². The summed E-state index contributed by atoms with van der Waals surface area (Å²) in [6, 6.07) is 17.1. The van der Waals surface area contributed by atoms with Crippen molar-refractivity contribution in [3.05, 3.63) is 78.4 Å². The molecule has 1 amide bonds. The Kier molecular flexibility index (Phi) is 6.47. The molecule has 1 fully saturated rings. The molecule has 8 heteroatoms. The van der Waals surface area contributed by atoms with Crippen molar-refractivity contribution in [1.82, 2.24) is 15.2 Å². The molecule has 3 aromatic rings. The maximum Gasteiger partial charge on any atom is 0.291 e. The highest BCUT2D eigenvalue weighted by atomic mass is 16.3. The number of rotatable bonds is 5. The van der Waals surface area contributed by atoms with Gasteiger partial charge in [-0.25, -0.2) is 4.98 Å². The average molecular weight is 419 g/mol. The molecule has 31 heavy (non-hydrogen) atoms. The lowest BCUT2D eigenvalue weighted by molar-refractivity contribution is 0.0996. The quantitative estimate of drug-likeness (QED) is 0.490. The van der Waals surface area contributed by atoms with Crippen LogP contribution in [0.4, 0.5) is 11.5 Å². The second-order valence-electron chi connectivity index (χ2n) is 7.19. The van der Waals surface area contributed by atoms with Crippen molar-refractivity contribution in [3.8, 4) is 0 Å². The van der Waals surface area contributed by atoms with Gasteiger partial charge in [0, 0.05) is 51.7 Å².